The number of carbonyl (C=O) groups is 2. The first-order chi connectivity index (χ1) is 15.7. The smallest absolute Gasteiger partial charge is 0.244 e. The van der Waals surface area contributed by atoms with Gasteiger partial charge in [0, 0.05) is 30.7 Å². The third-order valence-electron chi connectivity index (χ3n) is 5.63. The van der Waals surface area contributed by atoms with Crippen LogP contribution in [0.2, 0.25) is 5.02 Å². The third-order valence-corrected chi connectivity index (χ3v) is 8.13. The summed E-state index contributed by atoms with van der Waals surface area (Å²) < 4.78 is 27.9. The van der Waals surface area contributed by atoms with Gasteiger partial charge in [-0.25, -0.2) is 8.42 Å². The van der Waals surface area contributed by atoms with Crippen LogP contribution in [0.3, 0.4) is 0 Å². The topological polar surface area (TPSA) is 95.6 Å². The van der Waals surface area contributed by atoms with Crippen molar-refractivity contribution in [1.82, 2.24) is 9.62 Å². The standard InChI is InChI=1S/C24H28ClN3O4S/c1-3-23(29)26-20-13-14-28(17(2)15-20)33(31,32)22-11-10-19(16-21(22)25)27-24(30)12-9-18-7-5-4-6-8-18/h3-8,10-11,16-17,20H,1,9,12-15H2,2H3,(H,26,29)(H,27,30). The fourth-order valence-electron chi connectivity index (χ4n) is 3.94. The van der Waals surface area contributed by atoms with Gasteiger partial charge in [-0.05, 0) is 56.0 Å². The summed E-state index contributed by atoms with van der Waals surface area (Å²) in [5, 5.41) is 5.64. The second-order valence-corrected chi connectivity index (χ2v) is 10.3. The lowest BCUT2D eigenvalue weighted by Crippen LogP contribution is -2.50. The highest BCUT2D eigenvalue weighted by Crippen LogP contribution is 2.31. The van der Waals surface area contributed by atoms with E-state index in [1.165, 1.54) is 22.5 Å². The van der Waals surface area contributed by atoms with Crippen LogP contribution >= 0.6 is 11.6 Å². The highest BCUT2D eigenvalue weighted by molar-refractivity contribution is 7.89. The van der Waals surface area contributed by atoms with E-state index < -0.39 is 10.0 Å². The van der Waals surface area contributed by atoms with Gasteiger partial charge in [-0.2, -0.15) is 4.31 Å². The molecule has 0 aliphatic carbocycles. The Morgan fingerprint density at radius 3 is 2.58 bits per heavy atom. The highest BCUT2D eigenvalue weighted by Gasteiger charge is 2.35. The van der Waals surface area contributed by atoms with Crippen molar-refractivity contribution in [2.75, 3.05) is 11.9 Å². The van der Waals surface area contributed by atoms with E-state index in [-0.39, 0.29) is 40.4 Å². The van der Waals surface area contributed by atoms with E-state index in [4.69, 9.17) is 11.6 Å². The van der Waals surface area contributed by atoms with Gasteiger partial charge in [0.2, 0.25) is 21.8 Å². The lowest BCUT2D eigenvalue weighted by atomic mass is 10.0. The summed E-state index contributed by atoms with van der Waals surface area (Å²) in [6, 6.07) is 13.7. The van der Waals surface area contributed by atoms with Crippen molar-refractivity contribution in [3.05, 3.63) is 71.8 Å². The van der Waals surface area contributed by atoms with E-state index >= 15 is 0 Å². The van der Waals surface area contributed by atoms with Crippen LogP contribution in [0.15, 0.2) is 66.1 Å². The van der Waals surface area contributed by atoms with Gasteiger partial charge in [-0.15, -0.1) is 0 Å². The molecule has 1 aliphatic heterocycles. The van der Waals surface area contributed by atoms with Crippen LogP contribution in [-0.4, -0.2) is 43.2 Å². The maximum absolute atomic E-state index is 13.2. The van der Waals surface area contributed by atoms with Crippen LogP contribution in [0.5, 0.6) is 0 Å². The largest absolute Gasteiger partial charge is 0.350 e. The Labute approximate surface area is 199 Å². The molecule has 2 aromatic carbocycles. The van der Waals surface area contributed by atoms with Crippen LogP contribution in [0.25, 0.3) is 0 Å². The van der Waals surface area contributed by atoms with Crippen molar-refractivity contribution in [3.8, 4) is 0 Å². The van der Waals surface area contributed by atoms with Crippen LogP contribution in [0.1, 0.15) is 31.7 Å². The molecule has 1 aliphatic rings. The minimum atomic E-state index is -3.84. The number of amides is 2. The quantitative estimate of drug-likeness (QED) is 0.552. The highest BCUT2D eigenvalue weighted by atomic mass is 35.5. The number of hydrogen-bond acceptors (Lipinski definition) is 4. The molecule has 1 fully saturated rings. The predicted molar refractivity (Wildman–Crippen MR) is 130 cm³/mol. The number of anilines is 1. The molecule has 2 amide bonds. The summed E-state index contributed by atoms with van der Waals surface area (Å²) in [4.78, 5) is 23.8. The van der Waals surface area contributed by atoms with Crippen molar-refractivity contribution in [2.24, 2.45) is 0 Å². The molecule has 0 bridgehead atoms. The van der Waals surface area contributed by atoms with E-state index in [9.17, 15) is 18.0 Å². The molecule has 2 unspecified atom stereocenters. The number of nitrogens with one attached hydrogen (secondary N) is 2. The van der Waals surface area contributed by atoms with Crippen molar-refractivity contribution in [3.63, 3.8) is 0 Å². The predicted octanol–water partition coefficient (Wildman–Crippen LogP) is 3.76. The van der Waals surface area contributed by atoms with E-state index in [2.05, 4.69) is 17.2 Å². The lowest BCUT2D eigenvalue weighted by molar-refractivity contribution is -0.117. The molecule has 2 N–H and O–H groups in total. The number of nitrogens with zero attached hydrogens (tertiary/aromatic N) is 1. The van der Waals surface area contributed by atoms with E-state index in [0.717, 1.165) is 5.56 Å². The number of halogens is 1. The zero-order valence-electron chi connectivity index (χ0n) is 18.5. The Kier molecular flexibility index (Phi) is 8.29. The molecule has 2 atom stereocenters. The molecule has 7 nitrogen and oxygen atoms in total. The van der Waals surface area contributed by atoms with Crippen molar-refractivity contribution >= 4 is 39.1 Å². The van der Waals surface area contributed by atoms with Gasteiger partial charge in [-0.3, -0.25) is 9.59 Å². The van der Waals surface area contributed by atoms with E-state index in [0.29, 0.717) is 31.4 Å². The van der Waals surface area contributed by atoms with Gasteiger partial charge in [-0.1, -0.05) is 48.5 Å². The first-order valence-electron chi connectivity index (χ1n) is 10.8. The molecule has 0 radical (unpaired) electrons. The molecule has 0 saturated carbocycles. The second kappa shape index (κ2) is 11.0. The molecule has 0 spiro atoms. The normalized spacial score (nSPS) is 19.0. The maximum atomic E-state index is 13.2. The minimum Gasteiger partial charge on any atom is -0.350 e. The number of sulfonamides is 1. The average molecular weight is 490 g/mol. The van der Waals surface area contributed by atoms with Gasteiger partial charge < -0.3 is 10.6 Å². The number of aryl methyl sites for hydroxylation is 1. The molecule has 33 heavy (non-hydrogen) atoms. The van der Waals surface area contributed by atoms with E-state index in [1.54, 1.807) is 13.0 Å². The first kappa shape index (κ1) is 25.0. The number of benzene rings is 2. The number of rotatable bonds is 8. The number of hydrogen-bond donors (Lipinski definition) is 2. The van der Waals surface area contributed by atoms with E-state index in [1.807, 2.05) is 30.3 Å². The monoisotopic (exact) mass is 489 g/mol. The first-order valence-corrected chi connectivity index (χ1v) is 12.6. The Bertz CT molecular complexity index is 1120. The van der Waals surface area contributed by atoms with Gasteiger partial charge in [0.1, 0.15) is 4.90 Å². The zero-order chi connectivity index (χ0) is 24.0. The van der Waals surface area contributed by atoms with Crippen molar-refractivity contribution < 1.29 is 18.0 Å². The van der Waals surface area contributed by atoms with Crippen LogP contribution < -0.4 is 10.6 Å². The fourth-order valence-corrected chi connectivity index (χ4v) is 6.12. The molecule has 1 saturated heterocycles. The second-order valence-electron chi connectivity index (χ2n) is 8.08. The molecule has 2 aromatic rings. The zero-order valence-corrected chi connectivity index (χ0v) is 20.0. The summed E-state index contributed by atoms with van der Waals surface area (Å²) in [5.74, 6) is -0.448. The van der Waals surface area contributed by atoms with Crippen molar-refractivity contribution in [2.45, 2.75) is 49.6 Å². The summed E-state index contributed by atoms with van der Waals surface area (Å²) >= 11 is 6.33. The minimum absolute atomic E-state index is 0.00752. The van der Waals surface area contributed by atoms with Crippen LogP contribution in [0, 0.1) is 0 Å². The van der Waals surface area contributed by atoms with Gasteiger partial charge >= 0.3 is 0 Å². The molecule has 0 aromatic heterocycles. The van der Waals surface area contributed by atoms with Gasteiger partial charge in [0.25, 0.3) is 0 Å². The molecule has 3 rings (SSSR count). The summed E-state index contributed by atoms with van der Waals surface area (Å²) in [6.45, 7) is 5.51. The fraction of sp³-hybridized carbons (Fsp3) is 0.333. The van der Waals surface area contributed by atoms with Crippen LogP contribution in [-0.2, 0) is 26.0 Å². The maximum Gasteiger partial charge on any atom is 0.244 e. The van der Waals surface area contributed by atoms with Crippen molar-refractivity contribution in [1.29, 1.82) is 0 Å². The Morgan fingerprint density at radius 1 is 1.21 bits per heavy atom. The Morgan fingerprint density at radius 2 is 1.94 bits per heavy atom. The SMILES string of the molecule is C=CC(=O)NC1CCN(S(=O)(=O)c2ccc(NC(=O)CCc3ccccc3)cc2Cl)C(C)C1. The number of carbonyl (C=O) groups excluding carboxylic acids is 2. The number of piperidine rings is 1. The molecule has 176 valence electrons. The van der Waals surface area contributed by atoms with Gasteiger partial charge in [0.05, 0.1) is 5.02 Å². The van der Waals surface area contributed by atoms with Gasteiger partial charge in [0.15, 0.2) is 0 Å². The summed E-state index contributed by atoms with van der Waals surface area (Å²) in [7, 11) is -3.84. The van der Waals surface area contributed by atoms with Crippen LogP contribution in [0.4, 0.5) is 5.69 Å². The average Bonchev–Trinajstić information content (AvgIpc) is 2.78. The molecular weight excluding hydrogens is 462 g/mol. The third kappa shape index (κ3) is 6.43. The molecule has 9 heteroatoms. The molecular formula is C24H28ClN3O4S. The summed E-state index contributed by atoms with van der Waals surface area (Å²) in [6.07, 6.45) is 3.10. The Balaban J connectivity index is 1.64. The summed E-state index contributed by atoms with van der Waals surface area (Å²) in [5.41, 5.74) is 1.50. The Hall–Kier alpha value is -2.68. The molecule has 1 heterocycles. The lowest BCUT2D eigenvalue weighted by Gasteiger charge is -2.37.